The molecule has 7 nitrogen and oxygen atoms in total. The number of benzene rings is 1. The molecule has 1 aliphatic carbocycles. The first-order chi connectivity index (χ1) is 11.6. The minimum Gasteiger partial charge on any atom is -0.350 e. The van der Waals surface area contributed by atoms with Gasteiger partial charge in [0.05, 0.1) is 6.20 Å². The van der Waals surface area contributed by atoms with Crippen molar-refractivity contribution in [2.75, 3.05) is 5.32 Å². The summed E-state index contributed by atoms with van der Waals surface area (Å²) in [6.07, 6.45) is 4.49. The Morgan fingerprint density at radius 1 is 1.33 bits per heavy atom. The summed E-state index contributed by atoms with van der Waals surface area (Å²) >= 11 is 5.90. The Labute approximate surface area is 144 Å². The highest BCUT2D eigenvalue weighted by molar-refractivity contribution is 6.30. The van der Waals surface area contributed by atoms with Gasteiger partial charge in [-0.25, -0.2) is 4.68 Å². The molecular formula is C16H18ClN5O2. The van der Waals surface area contributed by atoms with Crippen LogP contribution in [-0.2, 0) is 22.7 Å². The lowest BCUT2D eigenvalue weighted by molar-refractivity contribution is -0.122. The van der Waals surface area contributed by atoms with Gasteiger partial charge < -0.3 is 10.6 Å². The fourth-order valence-corrected chi connectivity index (χ4v) is 2.60. The average molecular weight is 348 g/mol. The van der Waals surface area contributed by atoms with Gasteiger partial charge in [0, 0.05) is 17.5 Å². The fourth-order valence-electron chi connectivity index (χ4n) is 2.38. The van der Waals surface area contributed by atoms with Gasteiger partial charge in [0.25, 0.3) is 0 Å². The lowest BCUT2D eigenvalue weighted by Crippen LogP contribution is -2.28. The summed E-state index contributed by atoms with van der Waals surface area (Å²) in [7, 11) is 0. The van der Waals surface area contributed by atoms with Gasteiger partial charge in [-0.2, -0.15) is 0 Å². The minimum atomic E-state index is -0.197. The van der Waals surface area contributed by atoms with E-state index in [0.29, 0.717) is 17.4 Å². The molecule has 0 unspecified atom stereocenters. The van der Waals surface area contributed by atoms with Crippen LogP contribution in [0.25, 0.3) is 0 Å². The van der Waals surface area contributed by atoms with E-state index in [1.54, 1.807) is 18.3 Å². The lowest BCUT2D eigenvalue weighted by Gasteiger charge is -2.23. The molecule has 0 saturated heterocycles. The summed E-state index contributed by atoms with van der Waals surface area (Å²) in [4.78, 5) is 23.8. The van der Waals surface area contributed by atoms with Crippen LogP contribution in [0, 0.1) is 5.92 Å². The molecular weight excluding hydrogens is 330 g/mol. The molecule has 2 N–H and O–H groups in total. The van der Waals surface area contributed by atoms with E-state index in [9.17, 15) is 9.59 Å². The van der Waals surface area contributed by atoms with Crippen molar-refractivity contribution in [3.05, 3.63) is 41.0 Å². The molecule has 1 aromatic carbocycles. The van der Waals surface area contributed by atoms with Gasteiger partial charge in [0.2, 0.25) is 11.8 Å². The molecule has 0 spiro atoms. The highest BCUT2D eigenvalue weighted by Gasteiger charge is 2.25. The maximum absolute atomic E-state index is 11.9. The third-order valence-electron chi connectivity index (χ3n) is 3.95. The number of nitrogens with one attached hydrogen (secondary N) is 2. The molecule has 1 aliphatic rings. The van der Waals surface area contributed by atoms with Crippen LogP contribution in [-0.4, -0.2) is 26.8 Å². The average Bonchev–Trinajstić information content (AvgIpc) is 2.90. The first-order valence-corrected chi connectivity index (χ1v) is 8.20. The number of carbonyl (C=O) groups is 2. The Balaban J connectivity index is 1.47. The number of rotatable bonds is 6. The van der Waals surface area contributed by atoms with Crippen LogP contribution in [0.15, 0.2) is 30.5 Å². The number of hydrogen-bond donors (Lipinski definition) is 2. The largest absolute Gasteiger partial charge is 0.350 e. The second-order valence-corrected chi connectivity index (χ2v) is 6.26. The molecule has 24 heavy (non-hydrogen) atoms. The number of amides is 2. The van der Waals surface area contributed by atoms with Crippen LogP contribution in [0.5, 0.6) is 0 Å². The van der Waals surface area contributed by atoms with Crippen molar-refractivity contribution in [3.63, 3.8) is 0 Å². The zero-order valence-electron chi connectivity index (χ0n) is 13.0. The molecule has 0 aliphatic heterocycles. The third kappa shape index (κ3) is 4.32. The third-order valence-corrected chi connectivity index (χ3v) is 4.19. The first-order valence-electron chi connectivity index (χ1n) is 7.82. The summed E-state index contributed by atoms with van der Waals surface area (Å²) in [5, 5.41) is 13.9. The highest BCUT2D eigenvalue weighted by atomic mass is 35.5. The van der Waals surface area contributed by atoms with Crippen LogP contribution in [0.3, 0.4) is 0 Å². The predicted molar refractivity (Wildman–Crippen MR) is 89.3 cm³/mol. The van der Waals surface area contributed by atoms with Crippen molar-refractivity contribution in [1.29, 1.82) is 0 Å². The molecule has 0 radical (unpaired) electrons. The Morgan fingerprint density at radius 2 is 2.17 bits per heavy atom. The second-order valence-electron chi connectivity index (χ2n) is 5.83. The number of anilines is 1. The van der Waals surface area contributed by atoms with Gasteiger partial charge in [0.15, 0.2) is 5.82 Å². The van der Waals surface area contributed by atoms with Gasteiger partial charge in [-0.05, 0) is 30.5 Å². The summed E-state index contributed by atoms with van der Waals surface area (Å²) < 4.78 is 1.39. The first kappa shape index (κ1) is 16.4. The number of nitrogens with zero attached hydrogens (tertiary/aromatic N) is 3. The normalized spacial score (nSPS) is 14.0. The molecule has 1 heterocycles. The van der Waals surface area contributed by atoms with E-state index in [2.05, 4.69) is 20.9 Å². The highest BCUT2D eigenvalue weighted by Crippen LogP contribution is 2.27. The molecule has 0 bridgehead atoms. The lowest BCUT2D eigenvalue weighted by atomic mass is 9.85. The van der Waals surface area contributed by atoms with Crippen LogP contribution >= 0.6 is 11.6 Å². The summed E-state index contributed by atoms with van der Waals surface area (Å²) in [5.41, 5.74) is 0.919. The smallest absolute Gasteiger partial charge is 0.242 e. The molecule has 2 amide bonds. The Hall–Kier alpha value is -2.41. The minimum absolute atomic E-state index is 0.0290. The van der Waals surface area contributed by atoms with E-state index in [1.165, 1.54) is 4.68 Å². The molecule has 3 rings (SSSR count). The molecule has 1 saturated carbocycles. The maximum Gasteiger partial charge on any atom is 0.242 e. The van der Waals surface area contributed by atoms with Crippen molar-refractivity contribution in [1.82, 2.24) is 20.3 Å². The fraction of sp³-hybridized carbons (Fsp3) is 0.375. The van der Waals surface area contributed by atoms with E-state index in [-0.39, 0.29) is 24.3 Å². The summed E-state index contributed by atoms with van der Waals surface area (Å²) in [6, 6.07) is 7.29. The van der Waals surface area contributed by atoms with E-state index >= 15 is 0 Å². The van der Waals surface area contributed by atoms with Gasteiger partial charge in [-0.1, -0.05) is 35.4 Å². The van der Waals surface area contributed by atoms with Crippen LogP contribution in [0.1, 0.15) is 24.8 Å². The van der Waals surface area contributed by atoms with Crippen molar-refractivity contribution in [2.45, 2.75) is 32.4 Å². The Morgan fingerprint density at radius 3 is 2.88 bits per heavy atom. The predicted octanol–water partition coefficient (Wildman–Crippen LogP) is 1.99. The molecule has 2 aromatic rings. The molecule has 0 atom stereocenters. The quantitative estimate of drug-likeness (QED) is 0.836. The number of aromatic nitrogens is 3. The van der Waals surface area contributed by atoms with Gasteiger partial charge >= 0.3 is 0 Å². The number of hydrogen-bond acceptors (Lipinski definition) is 4. The van der Waals surface area contributed by atoms with Crippen molar-refractivity contribution in [2.24, 2.45) is 5.92 Å². The Kier molecular flexibility index (Phi) is 5.10. The van der Waals surface area contributed by atoms with Gasteiger partial charge in [0.1, 0.15) is 6.54 Å². The SMILES string of the molecule is O=C(Cn1cc(NC(=O)C2CCC2)nn1)NCc1cccc(Cl)c1. The second kappa shape index (κ2) is 7.44. The Bertz CT molecular complexity index is 742. The molecule has 1 fully saturated rings. The van der Waals surface area contributed by atoms with E-state index in [1.807, 2.05) is 12.1 Å². The topological polar surface area (TPSA) is 88.9 Å². The standard InChI is InChI=1S/C16H18ClN5O2/c17-13-6-1-3-11(7-13)8-18-15(23)10-22-9-14(20-21-22)19-16(24)12-4-2-5-12/h1,3,6-7,9,12H,2,4-5,8,10H2,(H,18,23)(H,19,24). The van der Waals surface area contributed by atoms with Gasteiger partial charge in [-0.3, -0.25) is 9.59 Å². The monoisotopic (exact) mass is 347 g/mol. The van der Waals surface area contributed by atoms with Crippen molar-refractivity contribution in [3.8, 4) is 0 Å². The zero-order chi connectivity index (χ0) is 16.9. The van der Waals surface area contributed by atoms with Crippen LogP contribution in [0.2, 0.25) is 5.02 Å². The van der Waals surface area contributed by atoms with Crippen molar-refractivity contribution < 1.29 is 9.59 Å². The van der Waals surface area contributed by atoms with Crippen molar-refractivity contribution >= 4 is 29.2 Å². The van der Waals surface area contributed by atoms with E-state index in [4.69, 9.17) is 11.6 Å². The number of halogens is 1. The number of carbonyl (C=O) groups excluding carboxylic acids is 2. The van der Waals surface area contributed by atoms with E-state index < -0.39 is 0 Å². The van der Waals surface area contributed by atoms with Crippen LogP contribution in [0.4, 0.5) is 5.82 Å². The molecule has 1 aromatic heterocycles. The van der Waals surface area contributed by atoms with E-state index in [0.717, 1.165) is 24.8 Å². The molecule has 126 valence electrons. The maximum atomic E-state index is 11.9. The molecule has 8 heteroatoms. The van der Waals surface area contributed by atoms with Gasteiger partial charge in [-0.15, -0.1) is 5.10 Å². The van der Waals surface area contributed by atoms with Crippen LogP contribution < -0.4 is 10.6 Å². The zero-order valence-corrected chi connectivity index (χ0v) is 13.8. The summed E-state index contributed by atoms with van der Waals surface area (Å²) in [5.74, 6) is 0.223. The summed E-state index contributed by atoms with van der Waals surface area (Å²) in [6.45, 7) is 0.423.